The van der Waals surface area contributed by atoms with E-state index in [9.17, 15) is 0 Å². The van der Waals surface area contributed by atoms with E-state index in [-0.39, 0.29) is 0 Å². The van der Waals surface area contributed by atoms with Crippen LogP contribution in [0.25, 0.3) is 0 Å². The quantitative estimate of drug-likeness (QED) is 0.869. The van der Waals surface area contributed by atoms with E-state index >= 15 is 0 Å². The Labute approximate surface area is 105 Å². The monoisotopic (exact) mass is 328 g/mol. The van der Waals surface area contributed by atoms with Crippen LogP contribution in [-0.4, -0.2) is 4.98 Å². The Kier molecular flexibility index (Phi) is 3.49. The van der Waals surface area contributed by atoms with Gasteiger partial charge in [-0.1, -0.05) is 15.9 Å². The third-order valence-corrected chi connectivity index (χ3v) is 3.24. The Hall–Kier alpha value is -0.740. The van der Waals surface area contributed by atoms with Crippen LogP contribution in [0.3, 0.4) is 0 Å². The normalized spacial score (nSPS) is 10.3. The van der Waals surface area contributed by atoms with Gasteiger partial charge in [-0.2, -0.15) is 0 Å². The van der Waals surface area contributed by atoms with Crippen molar-refractivity contribution in [1.82, 2.24) is 4.98 Å². The summed E-state index contributed by atoms with van der Waals surface area (Å²) in [7, 11) is 0. The molecule has 2 N–H and O–H groups in total. The zero-order valence-corrected chi connectivity index (χ0v) is 11.1. The van der Waals surface area contributed by atoms with Gasteiger partial charge in [-0.3, -0.25) is 0 Å². The van der Waals surface area contributed by atoms with E-state index < -0.39 is 0 Å². The molecule has 0 unspecified atom stereocenters. The van der Waals surface area contributed by atoms with E-state index in [4.69, 9.17) is 0 Å². The van der Waals surface area contributed by atoms with Gasteiger partial charge >= 0.3 is 0 Å². The second-order valence-electron chi connectivity index (χ2n) is 3.17. The Morgan fingerprint density at radius 1 is 1.20 bits per heavy atom. The largest absolute Gasteiger partial charge is 0.379 e. The maximum atomic E-state index is 3.50. The van der Waals surface area contributed by atoms with Crippen molar-refractivity contribution in [1.29, 1.82) is 0 Å². The third kappa shape index (κ3) is 2.86. The first-order valence-electron chi connectivity index (χ1n) is 4.57. The molecular formula is C11H10Br2N2. The number of aromatic amines is 1. The van der Waals surface area contributed by atoms with Gasteiger partial charge in [0.2, 0.25) is 0 Å². The maximum absolute atomic E-state index is 3.50. The number of anilines is 1. The van der Waals surface area contributed by atoms with Crippen LogP contribution in [0.5, 0.6) is 0 Å². The summed E-state index contributed by atoms with van der Waals surface area (Å²) in [6, 6.07) is 10.1. The van der Waals surface area contributed by atoms with Crippen LogP contribution in [0.1, 0.15) is 5.69 Å². The molecule has 0 bridgehead atoms. The van der Waals surface area contributed by atoms with Gasteiger partial charge in [0.05, 0.1) is 6.54 Å². The van der Waals surface area contributed by atoms with Crippen molar-refractivity contribution in [3.05, 3.63) is 51.2 Å². The molecule has 0 saturated carbocycles. The number of H-pyrrole nitrogens is 1. The minimum Gasteiger partial charge on any atom is -0.379 e. The molecule has 0 spiro atoms. The summed E-state index contributed by atoms with van der Waals surface area (Å²) in [6.45, 7) is 0.794. The smallest absolute Gasteiger partial charge is 0.0551 e. The molecular weight excluding hydrogens is 320 g/mol. The molecule has 2 nitrogen and oxygen atoms in total. The number of halogens is 2. The Balaban J connectivity index is 2.07. The van der Waals surface area contributed by atoms with Gasteiger partial charge in [0.15, 0.2) is 0 Å². The molecule has 0 aliphatic heterocycles. The standard InChI is InChI=1S/C11H10Br2N2/c12-8-3-4-10(13)11(6-8)15-7-9-2-1-5-14-9/h1-6,14-15H,7H2. The zero-order valence-electron chi connectivity index (χ0n) is 7.93. The number of rotatable bonds is 3. The van der Waals surface area contributed by atoms with Crippen LogP contribution in [-0.2, 0) is 6.54 Å². The van der Waals surface area contributed by atoms with Crippen LogP contribution in [0, 0.1) is 0 Å². The summed E-state index contributed by atoms with van der Waals surface area (Å²) in [4.78, 5) is 3.15. The first-order valence-corrected chi connectivity index (χ1v) is 6.15. The van der Waals surface area contributed by atoms with Gasteiger partial charge in [-0.25, -0.2) is 0 Å². The lowest BCUT2D eigenvalue weighted by atomic mass is 10.3. The van der Waals surface area contributed by atoms with E-state index in [1.807, 2.05) is 30.5 Å². The van der Waals surface area contributed by atoms with Crippen molar-refractivity contribution in [2.75, 3.05) is 5.32 Å². The molecule has 15 heavy (non-hydrogen) atoms. The van der Waals surface area contributed by atoms with Crippen molar-refractivity contribution in [2.24, 2.45) is 0 Å². The van der Waals surface area contributed by atoms with Crippen molar-refractivity contribution in [3.8, 4) is 0 Å². The van der Waals surface area contributed by atoms with Gasteiger partial charge in [0.1, 0.15) is 0 Å². The molecule has 4 heteroatoms. The molecule has 0 amide bonds. The Morgan fingerprint density at radius 2 is 2.07 bits per heavy atom. The van der Waals surface area contributed by atoms with Gasteiger partial charge in [-0.15, -0.1) is 0 Å². The van der Waals surface area contributed by atoms with Crippen LogP contribution in [0.4, 0.5) is 5.69 Å². The summed E-state index contributed by atoms with van der Waals surface area (Å²) in [5.74, 6) is 0. The van der Waals surface area contributed by atoms with Gasteiger partial charge in [-0.05, 0) is 46.3 Å². The zero-order chi connectivity index (χ0) is 10.7. The van der Waals surface area contributed by atoms with Crippen molar-refractivity contribution in [2.45, 2.75) is 6.54 Å². The lowest BCUT2D eigenvalue weighted by Gasteiger charge is -2.07. The fourth-order valence-electron chi connectivity index (χ4n) is 1.30. The van der Waals surface area contributed by atoms with Crippen molar-refractivity contribution < 1.29 is 0 Å². The first kappa shape index (κ1) is 10.8. The first-order chi connectivity index (χ1) is 7.25. The molecule has 1 heterocycles. The number of hydrogen-bond donors (Lipinski definition) is 2. The summed E-state index contributed by atoms with van der Waals surface area (Å²) in [5, 5.41) is 3.35. The van der Waals surface area contributed by atoms with E-state index in [0.717, 1.165) is 21.2 Å². The highest BCUT2D eigenvalue weighted by Crippen LogP contribution is 2.26. The summed E-state index contributed by atoms with van der Waals surface area (Å²) >= 11 is 6.95. The average Bonchev–Trinajstić information content (AvgIpc) is 2.72. The van der Waals surface area contributed by atoms with Crippen LogP contribution in [0.15, 0.2) is 45.5 Å². The van der Waals surface area contributed by atoms with Crippen LogP contribution >= 0.6 is 31.9 Å². The molecule has 1 aromatic heterocycles. The fourth-order valence-corrected chi connectivity index (χ4v) is 2.05. The maximum Gasteiger partial charge on any atom is 0.0551 e. The molecule has 2 aromatic rings. The SMILES string of the molecule is Brc1ccc(Br)c(NCc2ccc[nH]2)c1. The van der Waals surface area contributed by atoms with E-state index in [1.54, 1.807) is 0 Å². The number of benzene rings is 1. The Bertz CT molecular complexity index is 438. The third-order valence-electron chi connectivity index (χ3n) is 2.06. The molecule has 0 atom stereocenters. The topological polar surface area (TPSA) is 27.8 Å². The molecule has 0 fully saturated rings. The highest BCUT2D eigenvalue weighted by molar-refractivity contribution is 9.11. The second-order valence-corrected chi connectivity index (χ2v) is 4.94. The molecule has 0 saturated heterocycles. The molecule has 1 aromatic carbocycles. The van der Waals surface area contributed by atoms with E-state index in [2.05, 4.69) is 48.2 Å². The van der Waals surface area contributed by atoms with Crippen molar-refractivity contribution >= 4 is 37.5 Å². The van der Waals surface area contributed by atoms with E-state index in [1.165, 1.54) is 5.69 Å². The van der Waals surface area contributed by atoms with Crippen LogP contribution in [0.2, 0.25) is 0 Å². The molecule has 0 radical (unpaired) electrons. The number of nitrogens with one attached hydrogen (secondary N) is 2. The summed E-state index contributed by atoms with van der Waals surface area (Å²) < 4.78 is 2.14. The average molecular weight is 330 g/mol. The van der Waals surface area contributed by atoms with Crippen molar-refractivity contribution in [3.63, 3.8) is 0 Å². The summed E-state index contributed by atoms with van der Waals surface area (Å²) in [5.41, 5.74) is 2.25. The van der Waals surface area contributed by atoms with E-state index in [0.29, 0.717) is 0 Å². The Morgan fingerprint density at radius 3 is 2.80 bits per heavy atom. The number of hydrogen-bond acceptors (Lipinski definition) is 1. The van der Waals surface area contributed by atoms with Gasteiger partial charge in [0, 0.05) is 26.5 Å². The minimum absolute atomic E-state index is 0.794. The summed E-state index contributed by atoms with van der Waals surface area (Å²) in [6.07, 6.45) is 1.92. The molecule has 78 valence electrons. The van der Waals surface area contributed by atoms with Gasteiger partial charge < -0.3 is 10.3 Å². The predicted octanol–water partition coefficient (Wildman–Crippen LogP) is 4.15. The highest BCUT2D eigenvalue weighted by Gasteiger charge is 2.00. The lowest BCUT2D eigenvalue weighted by Crippen LogP contribution is -2.00. The minimum atomic E-state index is 0.794. The highest BCUT2D eigenvalue weighted by atomic mass is 79.9. The fraction of sp³-hybridized carbons (Fsp3) is 0.0909. The second kappa shape index (κ2) is 4.86. The molecule has 0 aliphatic rings. The molecule has 2 rings (SSSR count). The van der Waals surface area contributed by atoms with Crippen LogP contribution < -0.4 is 5.32 Å². The van der Waals surface area contributed by atoms with Gasteiger partial charge in [0.25, 0.3) is 0 Å². The lowest BCUT2D eigenvalue weighted by molar-refractivity contribution is 1.07. The number of aromatic nitrogens is 1. The predicted molar refractivity (Wildman–Crippen MR) is 70.0 cm³/mol. The molecule has 0 aliphatic carbocycles.